The van der Waals surface area contributed by atoms with Crippen LogP contribution in [0.4, 0.5) is 0 Å². The van der Waals surface area contributed by atoms with Crippen molar-refractivity contribution in [3.8, 4) is 0 Å². The van der Waals surface area contributed by atoms with Crippen molar-refractivity contribution in [2.24, 2.45) is 5.92 Å². The molecule has 0 fully saturated rings. The molecule has 0 aromatic rings. The Bertz CT molecular complexity index is 345. The summed E-state index contributed by atoms with van der Waals surface area (Å²) < 4.78 is 0. The fourth-order valence-corrected chi connectivity index (χ4v) is 1.15. The standard InChI is InChI=1S/C9H12O7.3Na/c1-2-3-5(7(12)13)9(16,8(14)15)4-6(10)11;;;/h2-3,5,16H,4H2,1H3,(H,10,11)(H,12,13)(H,14,15);;;/q;3*+1/p-3. The topological polar surface area (TPSA) is 141 Å². The summed E-state index contributed by atoms with van der Waals surface area (Å²) in [6.07, 6.45) is 0.538. The van der Waals surface area contributed by atoms with Crippen molar-refractivity contribution in [2.75, 3.05) is 0 Å². The van der Waals surface area contributed by atoms with E-state index in [0.29, 0.717) is 0 Å². The van der Waals surface area contributed by atoms with Crippen LogP contribution in [-0.2, 0) is 14.4 Å². The van der Waals surface area contributed by atoms with E-state index in [9.17, 15) is 34.8 Å². The maximum Gasteiger partial charge on any atom is 1.00 e. The van der Waals surface area contributed by atoms with Crippen molar-refractivity contribution in [1.82, 2.24) is 0 Å². The first-order valence-corrected chi connectivity index (χ1v) is 4.23. The molecule has 0 rings (SSSR count). The van der Waals surface area contributed by atoms with Gasteiger partial charge in [-0.2, -0.15) is 0 Å². The van der Waals surface area contributed by atoms with Crippen LogP contribution in [0.15, 0.2) is 12.2 Å². The van der Waals surface area contributed by atoms with E-state index in [1.165, 1.54) is 6.92 Å². The van der Waals surface area contributed by atoms with Gasteiger partial charge in [-0.3, -0.25) is 0 Å². The molecule has 0 aromatic heterocycles. The van der Waals surface area contributed by atoms with Crippen molar-refractivity contribution in [3.63, 3.8) is 0 Å². The van der Waals surface area contributed by atoms with Crippen LogP contribution in [0.25, 0.3) is 0 Å². The fourth-order valence-electron chi connectivity index (χ4n) is 1.15. The van der Waals surface area contributed by atoms with E-state index < -0.39 is 35.8 Å². The summed E-state index contributed by atoms with van der Waals surface area (Å²) in [6, 6.07) is 0. The second-order valence-electron chi connectivity index (χ2n) is 3.08. The van der Waals surface area contributed by atoms with Crippen molar-refractivity contribution in [1.29, 1.82) is 0 Å². The summed E-state index contributed by atoms with van der Waals surface area (Å²) in [5.41, 5.74) is -3.09. The largest absolute Gasteiger partial charge is 1.00 e. The van der Waals surface area contributed by atoms with E-state index in [0.717, 1.165) is 12.2 Å². The van der Waals surface area contributed by atoms with Gasteiger partial charge in [-0.05, 0) is 6.92 Å². The minimum Gasteiger partial charge on any atom is -0.550 e. The molecular weight excluding hydrogens is 289 g/mol. The molecular formula is C9H9Na3O7. The fraction of sp³-hybridized carbons (Fsp3) is 0.444. The molecule has 0 amide bonds. The van der Waals surface area contributed by atoms with Gasteiger partial charge < -0.3 is 34.8 Å². The van der Waals surface area contributed by atoms with Crippen LogP contribution in [0.1, 0.15) is 13.3 Å². The number of rotatable bonds is 6. The van der Waals surface area contributed by atoms with Gasteiger partial charge in [0.25, 0.3) is 0 Å². The molecule has 0 aliphatic carbocycles. The normalized spacial score (nSPS) is 14.0. The Morgan fingerprint density at radius 3 is 1.79 bits per heavy atom. The average molecular weight is 298 g/mol. The van der Waals surface area contributed by atoms with Crippen LogP contribution < -0.4 is 104 Å². The van der Waals surface area contributed by atoms with Gasteiger partial charge in [-0.1, -0.05) is 12.2 Å². The van der Waals surface area contributed by atoms with Crippen LogP contribution in [0.3, 0.4) is 0 Å². The summed E-state index contributed by atoms with van der Waals surface area (Å²) >= 11 is 0. The molecule has 0 spiro atoms. The quantitative estimate of drug-likeness (QED) is 0.379. The maximum atomic E-state index is 10.6. The third-order valence-electron chi connectivity index (χ3n) is 1.92. The molecule has 90 valence electrons. The Morgan fingerprint density at radius 1 is 1.16 bits per heavy atom. The molecule has 7 nitrogen and oxygen atoms in total. The van der Waals surface area contributed by atoms with Gasteiger partial charge in [0.2, 0.25) is 0 Å². The number of hydrogen-bond donors (Lipinski definition) is 1. The molecule has 0 saturated heterocycles. The summed E-state index contributed by atoms with van der Waals surface area (Å²) in [5, 5.41) is 40.9. The summed E-state index contributed by atoms with van der Waals surface area (Å²) in [5.74, 6) is -8.09. The summed E-state index contributed by atoms with van der Waals surface area (Å²) in [7, 11) is 0. The smallest absolute Gasteiger partial charge is 0.550 e. The zero-order valence-corrected chi connectivity index (χ0v) is 17.3. The molecule has 19 heavy (non-hydrogen) atoms. The van der Waals surface area contributed by atoms with Crippen molar-refractivity contribution >= 4 is 17.9 Å². The maximum absolute atomic E-state index is 10.6. The van der Waals surface area contributed by atoms with Gasteiger partial charge in [-0.15, -0.1) is 0 Å². The van der Waals surface area contributed by atoms with E-state index in [-0.39, 0.29) is 88.7 Å². The van der Waals surface area contributed by atoms with Crippen LogP contribution in [0.5, 0.6) is 0 Å². The zero-order chi connectivity index (χ0) is 12.9. The zero-order valence-electron chi connectivity index (χ0n) is 11.3. The third kappa shape index (κ3) is 8.87. The van der Waals surface area contributed by atoms with Crippen molar-refractivity contribution in [3.05, 3.63) is 12.2 Å². The molecule has 0 aromatic carbocycles. The Labute approximate surface area is 176 Å². The number of aliphatic hydroxyl groups is 1. The molecule has 0 heterocycles. The van der Waals surface area contributed by atoms with Crippen LogP contribution in [0.2, 0.25) is 0 Å². The molecule has 2 atom stereocenters. The summed E-state index contributed by atoms with van der Waals surface area (Å²) in [4.78, 5) is 31.4. The van der Waals surface area contributed by atoms with Crippen LogP contribution in [-0.4, -0.2) is 28.6 Å². The number of allylic oxidation sites excluding steroid dienone is 1. The first-order chi connectivity index (χ1) is 7.25. The molecule has 0 aliphatic heterocycles. The van der Waals surface area contributed by atoms with Gasteiger partial charge in [0.05, 0.1) is 17.9 Å². The minimum absolute atomic E-state index is 0. The Morgan fingerprint density at radius 2 is 1.58 bits per heavy atom. The van der Waals surface area contributed by atoms with Gasteiger partial charge in [-0.25, -0.2) is 0 Å². The second-order valence-corrected chi connectivity index (χ2v) is 3.08. The van der Waals surface area contributed by atoms with E-state index in [1.54, 1.807) is 0 Å². The van der Waals surface area contributed by atoms with E-state index in [4.69, 9.17) is 0 Å². The number of carbonyl (C=O) groups excluding carboxylic acids is 3. The SMILES string of the molecule is CC=CC(C(=O)[O-])C(O)(CC(=O)[O-])C(=O)[O-].[Na+].[Na+].[Na+]. The monoisotopic (exact) mass is 298 g/mol. The predicted octanol–water partition coefficient (Wildman–Crippen LogP) is -13.4. The van der Waals surface area contributed by atoms with Crippen LogP contribution >= 0.6 is 0 Å². The molecule has 0 bridgehead atoms. The number of carboxylic acids is 3. The first-order valence-electron chi connectivity index (χ1n) is 4.23. The number of aliphatic carboxylic acids is 3. The Balaban J connectivity index is -0.000000375. The summed E-state index contributed by atoms with van der Waals surface area (Å²) in [6.45, 7) is 1.37. The Hall–Kier alpha value is 1.11. The number of carbonyl (C=O) groups is 3. The molecule has 10 heteroatoms. The Kier molecular flexibility index (Phi) is 19.1. The second kappa shape index (κ2) is 12.8. The van der Waals surface area contributed by atoms with E-state index >= 15 is 0 Å². The van der Waals surface area contributed by atoms with Crippen molar-refractivity contribution in [2.45, 2.75) is 18.9 Å². The minimum atomic E-state index is -3.09. The average Bonchev–Trinajstić information content (AvgIpc) is 2.11. The number of hydrogen-bond acceptors (Lipinski definition) is 7. The molecule has 2 unspecified atom stereocenters. The van der Waals surface area contributed by atoms with Crippen molar-refractivity contribution < 1.29 is 123 Å². The third-order valence-corrected chi connectivity index (χ3v) is 1.92. The van der Waals surface area contributed by atoms with Crippen LogP contribution in [0, 0.1) is 5.92 Å². The first kappa shape index (κ1) is 28.3. The molecule has 0 radical (unpaired) electrons. The number of carboxylic acid groups (broad SMARTS) is 3. The predicted molar refractivity (Wildman–Crippen MR) is 42.9 cm³/mol. The molecule has 0 aliphatic rings. The van der Waals surface area contributed by atoms with Gasteiger partial charge in [0.1, 0.15) is 5.60 Å². The van der Waals surface area contributed by atoms with E-state index in [1.807, 2.05) is 0 Å². The van der Waals surface area contributed by atoms with Gasteiger partial charge in [0.15, 0.2) is 0 Å². The van der Waals surface area contributed by atoms with Gasteiger partial charge in [0, 0.05) is 12.4 Å². The van der Waals surface area contributed by atoms with Gasteiger partial charge >= 0.3 is 88.7 Å². The van der Waals surface area contributed by atoms with E-state index in [2.05, 4.69) is 0 Å². The molecule has 1 N–H and O–H groups in total. The molecule has 0 saturated carbocycles.